The van der Waals surface area contributed by atoms with Gasteiger partial charge in [-0.25, -0.2) is 13.4 Å². The molecule has 0 N–H and O–H groups in total. The van der Waals surface area contributed by atoms with Crippen molar-refractivity contribution < 1.29 is 17.9 Å². The minimum atomic E-state index is -3.63. The van der Waals surface area contributed by atoms with Crippen LogP contribution in [0.5, 0.6) is 5.19 Å². The summed E-state index contributed by atoms with van der Waals surface area (Å²) in [6.07, 6.45) is 1.37. The number of amides is 1. The van der Waals surface area contributed by atoms with Gasteiger partial charge in [0.2, 0.25) is 10.0 Å². The van der Waals surface area contributed by atoms with Crippen LogP contribution in [-0.2, 0) is 10.0 Å². The van der Waals surface area contributed by atoms with Crippen molar-refractivity contribution in [2.24, 2.45) is 11.8 Å². The molecular weight excluding hydrogens is 530 g/mol. The summed E-state index contributed by atoms with van der Waals surface area (Å²) in [5, 5.41) is 1.20. The molecule has 1 amide bonds. The molecule has 0 aliphatic carbocycles. The van der Waals surface area contributed by atoms with Gasteiger partial charge in [-0.05, 0) is 48.2 Å². The third-order valence-corrected chi connectivity index (χ3v) is 9.29. The van der Waals surface area contributed by atoms with Gasteiger partial charge in [0, 0.05) is 44.6 Å². The van der Waals surface area contributed by atoms with Gasteiger partial charge in [-0.2, -0.15) is 4.31 Å². The molecule has 1 fully saturated rings. The molecule has 0 bridgehead atoms. The van der Waals surface area contributed by atoms with E-state index in [1.54, 1.807) is 33.5 Å². The van der Waals surface area contributed by atoms with E-state index in [0.717, 1.165) is 10.2 Å². The van der Waals surface area contributed by atoms with Gasteiger partial charge in [-0.1, -0.05) is 56.7 Å². The van der Waals surface area contributed by atoms with Gasteiger partial charge < -0.3 is 9.64 Å². The average molecular weight is 564 g/mol. The van der Waals surface area contributed by atoms with E-state index in [2.05, 4.69) is 4.98 Å². The molecular formula is C27H34ClN3O4S2. The second-order valence-corrected chi connectivity index (χ2v) is 13.6. The third kappa shape index (κ3) is 6.63. The van der Waals surface area contributed by atoms with Crippen molar-refractivity contribution in [1.82, 2.24) is 14.2 Å². The summed E-state index contributed by atoms with van der Waals surface area (Å²) >= 11 is 7.69. The van der Waals surface area contributed by atoms with Crippen molar-refractivity contribution in [3.63, 3.8) is 0 Å². The Bertz CT molecular complexity index is 1320. The number of rotatable bonds is 9. The first kappa shape index (κ1) is 27.8. The van der Waals surface area contributed by atoms with Gasteiger partial charge in [0.05, 0.1) is 14.6 Å². The van der Waals surface area contributed by atoms with Gasteiger partial charge in [0.25, 0.3) is 11.1 Å². The fourth-order valence-corrected chi connectivity index (χ4v) is 7.40. The maximum absolute atomic E-state index is 13.3. The maximum Gasteiger partial charge on any atom is 0.274 e. The number of sulfonamides is 1. The number of hydrogen-bond acceptors (Lipinski definition) is 6. The lowest BCUT2D eigenvalue weighted by Crippen LogP contribution is -2.41. The Morgan fingerprint density at radius 2 is 1.70 bits per heavy atom. The molecule has 0 saturated carbocycles. The minimum Gasteiger partial charge on any atom is -0.467 e. The Kier molecular flexibility index (Phi) is 8.78. The summed E-state index contributed by atoms with van der Waals surface area (Å²) in [7, 11) is -3.63. The number of halogens is 1. The van der Waals surface area contributed by atoms with Crippen molar-refractivity contribution in [3.05, 3.63) is 53.1 Å². The van der Waals surface area contributed by atoms with Crippen LogP contribution in [0, 0.1) is 11.8 Å². The van der Waals surface area contributed by atoms with E-state index in [1.165, 1.54) is 11.3 Å². The monoisotopic (exact) mass is 563 g/mol. The third-order valence-electron chi connectivity index (χ3n) is 6.22. The van der Waals surface area contributed by atoms with Crippen LogP contribution in [0.3, 0.4) is 0 Å². The summed E-state index contributed by atoms with van der Waals surface area (Å²) in [5.74, 6) is 0.331. The lowest BCUT2D eigenvalue weighted by molar-refractivity contribution is 0.0595. The van der Waals surface area contributed by atoms with Crippen LogP contribution in [0.2, 0.25) is 5.02 Å². The lowest BCUT2D eigenvalue weighted by atomic mass is 10.1. The smallest absolute Gasteiger partial charge is 0.274 e. The van der Waals surface area contributed by atoms with E-state index in [-0.39, 0.29) is 28.7 Å². The zero-order valence-electron chi connectivity index (χ0n) is 21.7. The zero-order valence-corrected chi connectivity index (χ0v) is 24.1. The molecule has 0 unspecified atom stereocenters. The number of carbonyl (C=O) groups is 1. The minimum absolute atomic E-state index is 0.0243. The molecule has 7 nitrogen and oxygen atoms in total. The Hall–Kier alpha value is -2.20. The summed E-state index contributed by atoms with van der Waals surface area (Å²) in [6.45, 7) is 10.1. The molecule has 0 spiro atoms. The number of likely N-dealkylation sites (tertiary alicyclic amines) is 1. The summed E-state index contributed by atoms with van der Waals surface area (Å²) in [4.78, 5) is 19.6. The number of fused-ring (bicyclic) bond motifs is 1. The van der Waals surface area contributed by atoms with E-state index in [0.29, 0.717) is 54.8 Å². The highest BCUT2D eigenvalue weighted by Gasteiger charge is 2.28. The van der Waals surface area contributed by atoms with Gasteiger partial charge >= 0.3 is 0 Å². The van der Waals surface area contributed by atoms with E-state index >= 15 is 0 Å². The normalized spacial score (nSPS) is 15.3. The fourth-order valence-electron chi connectivity index (χ4n) is 4.45. The largest absolute Gasteiger partial charge is 0.467 e. The van der Waals surface area contributed by atoms with Crippen LogP contribution in [0.25, 0.3) is 10.2 Å². The highest BCUT2D eigenvalue weighted by atomic mass is 35.5. The molecule has 1 aromatic heterocycles. The predicted molar refractivity (Wildman–Crippen MR) is 149 cm³/mol. The lowest BCUT2D eigenvalue weighted by Gasteiger charge is -2.31. The molecule has 3 aromatic rings. The first-order valence-corrected chi connectivity index (χ1v) is 15.3. The van der Waals surface area contributed by atoms with Crippen LogP contribution >= 0.6 is 22.9 Å². The number of piperidine rings is 1. The van der Waals surface area contributed by atoms with Crippen molar-refractivity contribution in [2.45, 2.75) is 51.5 Å². The first-order chi connectivity index (χ1) is 17.5. The van der Waals surface area contributed by atoms with Gasteiger partial charge in [0.15, 0.2) is 0 Å². The number of thiazole rings is 1. The van der Waals surface area contributed by atoms with Gasteiger partial charge in [0.1, 0.15) is 11.6 Å². The topological polar surface area (TPSA) is 79.8 Å². The average Bonchev–Trinajstić information content (AvgIpc) is 3.27. The van der Waals surface area contributed by atoms with Gasteiger partial charge in [-0.3, -0.25) is 4.79 Å². The molecule has 1 aliphatic heterocycles. The Morgan fingerprint density at radius 3 is 2.27 bits per heavy atom. The molecule has 10 heteroatoms. The number of benzene rings is 2. The molecule has 37 heavy (non-hydrogen) atoms. The maximum atomic E-state index is 13.3. The fraction of sp³-hybridized carbons (Fsp3) is 0.481. The van der Waals surface area contributed by atoms with E-state index < -0.39 is 10.0 Å². The van der Waals surface area contributed by atoms with Crippen molar-refractivity contribution >= 4 is 49.1 Å². The van der Waals surface area contributed by atoms with E-state index in [1.807, 2.05) is 45.9 Å². The van der Waals surface area contributed by atoms with Crippen LogP contribution < -0.4 is 4.74 Å². The number of hydrogen-bond donors (Lipinski definition) is 0. The molecule has 200 valence electrons. The second kappa shape index (κ2) is 11.7. The number of nitrogens with zero attached hydrogens (tertiary/aromatic N) is 3. The van der Waals surface area contributed by atoms with Crippen LogP contribution in [0.1, 0.15) is 50.9 Å². The summed E-state index contributed by atoms with van der Waals surface area (Å²) in [6, 6.07) is 12.0. The number of aromatic nitrogens is 1. The second-order valence-electron chi connectivity index (χ2n) is 10.3. The Labute approximate surface area is 228 Å². The summed E-state index contributed by atoms with van der Waals surface area (Å²) < 4.78 is 35.1. The molecule has 1 saturated heterocycles. The number of ether oxygens (including phenoxy) is 1. The van der Waals surface area contributed by atoms with E-state index in [4.69, 9.17) is 16.3 Å². The van der Waals surface area contributed by atoms with E-state index in [9.17, 15) is 13.2 Å². The van der Waals surface area contributed by atoms with Crippen LogP contribution in [0.15, 0.2) is 47.4 Å². The van der Waals surface area contributed by atoms with Crippen molar-refractivity contribution in [3.8, 4) is 5.19 Å². The quantitative estimate of drug-likeness (QED) is 0.322. The molecule has 1 aliphatic rings. The Morgan fingerprint density at radius 1 is 1.08 bits per heavy atom. The van der Waals surface area contributed by atoms with Crippen molar-refractivity contribution in [1.29, 1.82) is 0 Å². The van der Waals surface area contributed by atoms with Crippen LogP contribution in [-0.4, -0.2) is 60.8 Å². The standard InChI is InChI=1S/C27H34ClN3O4S2/c1-18(2)16-31(17-19(3)4)37(33,34)22-10-8-20(9-11-22)26(32)30-14-12-21(13-15-30)35-27-29-25-23(28)6-5-7-24(25)36-27/h5-11,18-19,21H,12-17H2,1-4H3. The van der Waals surface area contributed by atoms with Gasteiger partial charge in [-0.15, -0.1) is 0 Å². The zero-order chi connectivity index (χ0) is 26.7. The molecule has 0 radical (unpaired) electrons. The molecule has 4 rings (SSSR count). The first-order valence-electron chi connectivity index (χ1n) is 12.7. The molecule has 2 heterocycles. The predicted octanol–water partition coefficient (Wildman–Crippen LogP) is 5.94. The Balaban J connectivity index is 1.37. The molecule has 0 atom stereocenters. The SMILES string of the molecule is CC(C)CN(CC(C)C)S(=O)(=O)c1ccc(C(=O)N2CCC(Oc3nc4c(Cl)cccc4s3)CC2)cc1. The summed E-state index contributed by atoms with van der Waals surface area (Å²) in [5.41, 5.74) is 1.23. The van der Waals surface area contributed by atoms with Crippen LogP contribution in [0.4, 0.5) is 0 Å². The highest BCUT2D eigenvalue weighted by molar-refractivity contribution is 7.89. The molecule has 2 aromatic carbocycles. The number of carbonyl (C=O) groups excluding carboxylic acids is 1. The van der Waals surface area contributed by atoms with Crippen molar-refractivity contribution in [2.75, 3.05) is 26.2 Å². The highest BCUT2D eigenvalue weighted by Crippen LogP contribution is 2.33. The number of para-hydroxylation sites is 1.